The molecule has 0 aliphatic rings. The third-order valence-corrected chi connectivity index (χ3v) is 3.39. The Morgan fingerprint density at radius 1 is 1.29 bits per heavy atom. The van der Waals surface area contributed by atoms with Crippen LogP contribution in [0.15, 0.2) is 24.4 Å². The summed E-state index contributed by atoms with van der Waals surface area (Å²) in [5.74, 6) is 5.48. The number of aromatic nitrogens is 2. The van der Waals surface area contributed by atoms with Gasteiger partial charge in [-0.15, -0.1) is 0 Å². The van der Waals surface area contributed by atoms with Gasteiger partial charge in [-0.2, -0.15) is 4.98 Å². The molecule has 2 aromatic rings. The number of nitrogens with zero attached hydrogens (tertiary/aromatic N) is 3. The van der Waals surface area contributed by atoms with Crippen molar-refractivity contribution in [3.63, 3.8) is 0 Å². The van der Waals surface area contributed by atoms with Gasteiger partial charge < -0.3 is 15.8 Å². The molecule has 1 atom stereocenters. The molecule has 24 heavy (non-hydrogen) atoms. The van der Waals surface area contributed by atoms with Crippen LogP contribution in [0.5, 0.6) is 0 Å². The number of aryl methyl sites for hydroxylation is 2. The fourth-order valence-electron chi connectivity index (χ4n) is 2.20. The highest BCUT2D eigenvalue weighted by Crippen LogP contribution is 2.22. The summed E-state index contributed by atoms with van der Waals surface area (Å²) in [5, 5.41) is 4.18. The summed E-state index contributed by atoms with van der Waals surface area (Å²) in [6.45, 7) is 5.54. The minimum absolute atomic E-state index is 0.103. The van der Waals surface area contributed by atoms with E-state index in [-0.39, 0.29) is 17.3 Å². The highest BCUT2D eigenvalue weighted by Gasteiger charge is 2.17. The van der Waals surface area contributed by atoms with Crippen molar-refractivity contribution in [3.05, 3.63) is 41.1 Å². The van der Waals surface area contributed by atoms with Crippen LogP contribution in [0.4, 0.5) is 17.5 Å². The number of anilines is 3. The maximum absolute atomic E-state index is 11.6. The molecular formula is C16H20N6O2. The Bertz CT molecular complexity index is 757. The Balaban J connectivity index is 2.45. The first-order valence-corrected chi connectivity index (χ1v) is 7.33. The fourth-order valence-corrected chi connectivity index (χ4v) is 2.20. The third-order valence-electron chi connectivity index (χ3n) is 3.39. The zero-order valence-corrected chi connectivity index (χ0v) is 13.8. The summed E-state index contributed by atoms with van der Waals surface area (Å²) < 4.78 is 0. The number of primary amides is 1. The van der Waals surface area contributed by atoms with Crippen LogP contribution in [-0.2, 0) is 4.79 Å². The number of hydrazine groups is 1. The number of amides is 1. The van der Waals surface area contributed by atoms with Gasteiger partial charge in [-0.1, -0.05) is 6.07 Å². The van der Waals surface area contributed by atoms with E-state index >= 15 is 0 Å². The van der Waals surface area contributed by atoms with E-state index in [2.05, 4.69) is 15.3 Å². The van der Waals surface area contributed by atoms with E-state index in [1.807, 2.05) is 32.0 Å². The van der Waals surface area contributed by atoms with Gasteiger partial charge >= 0.3 is 0 Å². The molecule has 5 N–H and O–H groups in total. The number of carbonyl (C=O) groups excluding carboxylic acids is 2. The molecule has 1 amide bonds. The van der Waals surface area contributed by atoms with Crippen molar-refractivity contribution in [3.8, 4) is 0 Å². The standard InChI is InChI=1S/C16H20N6O2/c1-9-4-10(2)6-12(5-9)20-15-13(14(17)24)7-19-16(21-15)22(18)11(3)8-23/h4-8,11H,18H2,1-3H3,(H2,17,24)(H,19,20,21). The highest BCUT2D eigenvalue weighted by atomic mass is 16.1. The monoisotopic (exact) mass is 328 g/mol. The molecule has 0 saturated carbocycles. The smallest absolute Gasteiger partial charge is 0.254 e. The maximum Gasteiger partial charge on any atom is 0.254 e. The van der Waals surface area contributed by atoms with Crippen molar-refractivity contribution < 1.29 is 9.59 Å². The van der Waals surface area contributed by atoms with Crippen molar-refractivity contribution in [1.82, 2.24) is 9.97 Å². The normalized spacial score (nSPS) is 11.7. The molecule has 2 rings (SSSR count). The number of hydrogen-bond donors (Lipinski definition) is 3. The maximum atomic E-state index is 11.6. The second-order valence-electron chi connectivity index (χ2n) is 5.58. The highest BCUT2D eigenvalue weighted by molar-refractivity contribution is 5.98. The quantitative estimate of drug-likeness (QED) is 0.413. The molecule has 0 aliphatic carbocycles. The van der Waals surface area contributed by atoms with Gasteiger partial charge in [0.05, 0.1) is 0 Å². The predicted molar refractivity (Wildman–Crippen MR) is 91.9 cm³/mol. The second-order valence-corrected chi connectivity index (χ2v) is 5.58. The first-order valence-electron chi connectivity index (χ1n) is 7.33. The average Bonchev–Trinajstić information content (AvgIpc) is 2.52. The SMILES string of the molecule is Cc1cc(C)cc(Nc2nc(N(N)C(C)C=O)ncc2C(N)=O)c1. The molecule has 0 spiro atoms. The van der Waals surface area contributed by atoms with Crippen molar-refractivity contribution >= 4 is 29.6 Å². The molecule has 1 heterocycles. The van der Waals surface area contributed by atoms with Crippen molar-refractivity contribution in [2.45, 2.75) is 26.8 Å². The van der Waals surface area contributed by atoms with E-state index in [0.29, 0.717) is 6.29 Å². The Kier molecular flexibility index (Phi) is 5.10. The summed E-state index contributed by atoms with van der Waals surface area (Å²) in [6, 6.07) is 5.24. The van der Waals surface area contributed by atoms with Crippen molar-refractivity contribution in [2.75, 3.05) is 10.3 Å². The molecule has 8 heteroatoms. The van der Waals surface area contributed by atoms with Crippen LogP contribution in [0.1, 0.15) is 28.4 Å². The molecule has 0 fully saturated rings. The van der Waals surface area contributed by atoms with Crippen molar-refractivity contribution in [2.24, 2.45) is 11.6 Å². The molecule has 126 valence electrons. The number of rotatable bonds is 6. The average molecular weight is 328 g/mol. The Morgan fingerprint density at radius 3 is 2.46 bits per heavy atom. The number of nitrogens with one attached hydrogen (secondary N) is 1. The summed E-state index contributed by atoms with van der Waals surface area (Å²) in [5.41, 5.74) is 8.38. The van der Waals surface area contributed by atoms with Crippen molar-refractivity contribution in [1.29, 1.82) is 0 Å². The Labute approximate surface area is 139 Å². The third kappa shape index (κ3) is 3.85. The number of nitrogens with two attached hydrogens (primary N) is 2. The van der Waals surface area contributed by atoms with Gasteiger partial charge in [0.25, 0.3) is 5.91 Å². The Hall–Kier alpha value is -3.00. The minimum Gasteiger partial charge on any atom is -0.365 e. The van der Waals surface area contributed by atoms with E-state index in [1.54, 1.807) is 6.92 Å². The molecule has 0 aliphatic heterocycles. The van der Waals surface area contributed by atoms with E-state index in [0.717, 1.165) is 21.8 Å². The molecule has 8 nitrogen and oxygen atoms in total. The molecule has 0 radical (unpaired) electrons. The van der Waals surface area contributed by atoms with Crippen LogP contribution in [-0.4, -0.2) is 28.2 Å². The topological polar surface area (TPSA) is 127 Å². The van der Waals surface area contributed by atoms with Gasteiger partial charge in [-0.05, 0) is 44.0 Å². The van der Waals surface area contributed by atoms with E-state index < -0.39 is 11.9 Å². The summed E-state index contributed by atoms with van der Waals surface area (Å²) in [7, 11) is 0. The summed E-state index contributed by atoms with van der Waals surface area (Å²) in [6.07, 6.45) is 1.95. The van der Waals surface area contributed by atoms with Crippen LogP contribution >= 0.6 is 0 Å². The van der Waals surface area contributed by atoms with Crippen LogP contribution in [0.25, 0.3) is 0 Å². The molecule has 0 saturated heterocycles. The van der Waals surface area contributed by atoms with Gasteiger partial charge in [-0.3, -0.25) is 9.80 Å². The van der Waals surface area contributed by atoms with Crippen LogP contribution in [0, 0.1) is 13.8 Å². The molecule has 0 bridgehead atoms. The minimum atomic E-state index is -0.666. The van der Waals surface area contributed by atoms with Crippen LogP contribution in [0.3, 0.4) is 0 Å². The molecule has 1 aromatic heterocycles. The number of carbonyl (C=O) groups is 2. The zero-order chi connectivity index (χ0) is 17.9. The van der Waals surface area contributed by atoms with E-state index in [1.165, 1.54) is 6.20 Å². The lowest BCUT2D eigenvalue weighted by atomic mass is 10.1. The zero-order valence-electron chi connectivity index (χ0n) is 13.8. The van der Waals surface area contributed by atoms with E-state index in [9.17, 15) is 9.59 Å². The first kappa shape index (κ1) is 17.4. The predicted octanol–water partition coefficient (Wildman–Crippen LogP) is 1.20. The summed E-state index contributed by atoms with van der Waals surface area (Å²) >= 11 is 0. The molecule has 1 aromatic carbocycles. The van der Waals surface area contributed by atoms with Gasteiger partial charge in [0.1, 0.15) is 23.7 Å². The summed E-state index contributed by atoms with van der Waals surface area (Å²) in [4.78, 5) is 30.7. The number of benzene rings is 1. The lowest BCUT2D eigenvalue weighted by Crippen LogP contribution is -2.41. The second kappa shape index (κ2) is 7.05. The van der Waals surface area contributed by atoms with Gasteiger partial charge in [-0.25, -0.2) is 10.8 Å². The lowest BCUT2D eigenvalue weighted by Gasteiger charge is -2.20. The van der Waals surface area contributed by atoms with Gasteiger partial charge in [0.15, 0.2) is 0 Å². The van der Waals surface area contributed by atoms with Gasteiger partial charge in [0.2, 0.25) is 5.95 Å². The Morgan fingerprint density at radius 2 is 1.92 bits per heavy atom. The largest absolute Gasteiger partial charge is 0.365 e. The molecule has 1 unspecified atom stereocenters. The van der Waals surface area contributed by atoms with Crippen LogP contribution < -0.4 is 21.9 Å². The number of hydrogen-bond acceptors (Lipinski definition) is 7. The number of aldehydes is 1. The molecular weight excluding hydrogens is 308 g/mol. The fraction of sp³-hybridized carbons (Fsp3) is 0.250. The van der Waals surface area contributed by atoms with Gasteiger partial charge in [0, 0.05) is 11.9 Å². The van der Waals surface area contributed by atoms with Crippen LogP contribution in [0.2, 0.25) is 0 Å². The van der Waals surface area contributed by atoms with E-state index in [4.69, 9.17) is 11.6 Å². The lowest BCUT2D eigenvalue weighted by molar-refractivity contribution is -0.108. The first-order chi connectivity index (χ1) is 11.3.